The van der Waals surface area contributed by atoms with Crippen molar-refractivity contribution in [3.63, 3.8) is 0 Å². The molecule has 22 heavy (non-hydrogen) atoms. The van der Waals surface area contributed by atoms with Gasteiger partial charge in [-0.3, -0.25) is 10.1 Å². The van der Waals surface area contributed by atoms with Gasteiger partial charge >= 0.3 is 6.03 Å². The van der Waals surface area contributed by atoms with Crippen LogP contribution in [0, 0.1) is 5.92 Å². The first-order valence-electron chi connectivity index (χ1n) is 8.12. The zero-order chi connectivity index (χ0) is 15.4. The van der Waals surface area contributed by atoms with E-state index >= 15 is 0 Å². The van der Waals surface area contributed by atoms with E-state index in [1.165, 1.54) is 24.2 Å². The fourth-order valence-electron chi connectivity index (χ4n) is 3.30. The lowest BCUT2D eigenvalue weighted by Gasteiger charge is -2.32. The maximum absolute atomic E-state index is 12.4. The molecule has 2 aliphatic rings. The summed E-state index contributed by atoms with van der Waals surface area (Å²) in [4.78, 5) is 26.4. The first-order chi connectivity index (χ1) is 10.7. The SMILES string of the molecule is O=C(NC1CCCC1)C1CCCN(C(=O)Nc2cccs2)C1. The summed E-state index contributed by atoms with van der Waals surface area (Å²) in [6, 6.07) is 4.05. The monoisotopic (exact) mass is 321 g/mol. The molecule has 120 valence electrons. The zero-order valence-electron chi connectivity index (χ0n) is 12.7. The van der Waals surface area contributed by atoms with Crippen molar-refractivity contribution in [3.8, 4) is 0 Å². The second kappa shape index (κ2) is 7.13. The Balaban J connectivity index is 1.51. The quantitative estimate of drug-likeness (QED) is 0.899. The van der Waals surface area contributed by atoms with Gasteiger partial charge in [0, 0.05) is 19.1 Å². The molecule has 1 unspecified atom stereocenters. The number of rotatable bonds is 3. The van der Waals surface area contributed by atoms with Crippen molar-refractivity contribution in [2.75, 3.05) is 18.4 Å². The van der Waals surface area contributed by atoms with Crippen LogP contribution in [0.4, 0.5) is 9.80 Å². The van der Waals surface area contributed by atoms with Gasteiger partial charge in [-0.15, -0.1) is 11.3 Å². The lowest BCUT2D eigenvalue weighted by Crippen LogP contribution is -2.48. The number of anilines is 1. The molecule has 1 aromatic heterocycles. The number of urea groups is 1. The summed E-state index contributed by atoms with van der Waals surface area (Å²) < 4.78 is 0. The Labute approximate surface area is 135 Å². The largest absolute Gasteiger partial charge is 0.353 e. The molecule has 1 aliphatic heterocycles. The van der Waals surface area contributed by atoms with E-state index in [0.29, 0.717) is 12.6 Å². The molecule has 1 saturated carbocycles. The molecule has 0 aromatic carbocycles. The van der Waals surface area contributed by atoms with Crippen LogP contribution >= 0.6 is 11.3 Å². The Morgan fingerprint density at radius 2 is 2.00 bits per heavy atom. The number of nitrogens with one attached hydrogen (secondary N) is 2. The first kappa shape index (κ1) is 15.3. The third kappa shape index (κ3) is 3.80. The highest BCUT2D eigenvalue weighted by atomic mass is 32.1. The van der Waals surface area contributed by atoms with Gasteiger partial charge in [-0.25, -0.2) is 4.79 Å². The van der Waals surface area contributed by atoms with Crippen LogP contribution in [0.1, 0.15) is 38.5 Å². The zero-order valence-corrected chi connectivity index (χ0v) is 13.5. The second-order valence-corrected chi connectivity index (χ2v) is 7.13. The van der Waals surface area contributed by atoms with E-state index < -0.39 is 0 Å². The van der Waals surface area contributed by atoms with Gasteiger partial charge in [0.15, 0.2) is 0 Å². The fraction of sp³-hybridized carbons (Fsp3) is 0.625. The second-order valence-electron chi connectivity index (χ2n) is 6.18. The molecule has 0 radical (unpaired) electrons. The summed E-state index contributed by atoms with van der Waals surface area (Å²) in [5.41, 5.74) is 0. The molecular weight excluding hydrogens is 298 g/mol. The van der Waals surface area contributed by atoms with Crippen LogP contribution in [0.15, 0.2) is 17.5 Å². The van der Waals surface area contributed by atoms with E-state index in [0.717, 1.165) is 37.2 Å². The molecule has 3 rings (SSSR count). The molecule has 2 N–H and O–H groups in total. The third-order valence-electron chi connectivity index (χ3n) is 4.53. The number of thiophene rings is 1. The standard InChI is InChI=1S/C16H23N3O2S/c20-15(17-13-6-1-2-7-13)12-5-3-9-19(11-12)16(21)18-14-8-4-10-22-14/h4,8,10,12-13H,1-3,5-7,9,11H2,(H,17,20)(H,18,21). The predicted molar refractivity (Wildman–Crippen MR) is 88.0 cm³/mol. The minimum absolute atomic E-state index is 0.0663. The van der Waals surface area contributed by atoms with Crippen LogP contribution in [0.3, 0.4) is 0 Å². The first-order valence-corrected chi connectivity index (χ1v) is 9.00. The van der Waals surface area contributed by atoms with Gasteiger partial charge in [0.25, 0.3) is 0 Å². The highest BCUT2D eigenvalue weighted by Gasteiger charge is 2.30. The van der Waals surface area contributed by atoms with Crippen LogP contribution in [-0.2, 0) is 4.79 Å². The normalized spacial score (nSPS) is 22.5. The molecular formula is C16H23N3O2S. The summed E-state index contributed by atoms with van der Waals surface area (Å²) in [7, 11) is 0. The van der Waals surface area contributed by atoms with E-state index in [4.69, 9.17) is 0 Å². The van der Waals surface area contributed by atoms with Crippen LogP contribution in [0.5, 0.6) is 0 Å². The molecule has 0 spiro atoms. The van der Waals surface area contributed by atoms with Crippen molar-refractivity contribution in [2.45, 2.75) is 44.6 Å². The number of piperidine rings is 1. The minimum atomic E-state index is -0.0965. The topological polar surface area (TPSA) is 61.4 Å². The van der Waals surface area contributed by atoms with Gasteiger partial charge in [0.2, 0.25) is 5.91 Å². The molecule has 6 heteroatoms. The highest BCUT2D eigenvalue weighted by molar-refractivity contribution is 7.14. The van der Waals surface area contributed by atoms with Crippen molar-refractivity contribution < 1.29 is 9.59 Å². The van der Waals surface area contributed by atoms with Gasteiger partial charge in [-0.05, 0) is 43.2 Å². The average molecular weight is 321 g/mol. The number of carbonyl (C=O) groups excluding carboxylic acids is 2. The van der Waals surface area contributed by atoms with Gasteiger partial charge in [-0.2, -0.15) is 0 Å². The Morgan fingerprint density at radius 1 is 1.18 bits per heavy atom. The summed E-state index contributed by atoms with van der Waals surface area (Å²) in [6.45, 7) is 1.25. The minimum Gasteiger partial charge on any atom is -0.353 e. The third-order valence-corrected chi connectivity index (χ3v) is 5.32. The van der Waals surface area contributed by atoms with Crippen LogP contribution in [-0.4, -0.2) is 36.0 Å². The average Bonchev–Trinajstić information content (AvgIpc) is 3.21. The van der Waals surface area contributed by atoms with E-state index in [-0.39, 0.29) is 17.9 Å². The lowest BCUT2D eigenvalue weighted by molar-refractivity contribution is -0.126. The Bertz CT molecular complexity index is 511. The molecule has 3 amide bonds. The Morgan fingerprint density at radius 3 is 2.73 bits per heavy atom. The van der Waals surface area contributed by atoms with Crippen molar-refractivity contribution in [1.29, 1.82) is 0 Å². The molecule has 1 atom stereocenters. The van der Waals surface area contributed by atoms with Crippen molar-refractivity contribution in [1.82, 2.24) is 10.2 Å². The highest BCUT2D eigenvalue weighted by Crippen LogP contribution is 2.22. The molecule has 2 heterocycles. The number of likely N-dealkylation sites (tertiary alicyclic amines) is 1. The van der Waals surface area contributed by atoms with E-state index in [9.17, 15) is 9.59 Å². The summed E-state index contributed by atoms with van der Waals surface area (Å²) >= 11 is 1.51. The number of hydrogen-bond donors (Lipinski definition) is 2. The molecule has 0 bridgehead atoms. The van der Waals surface area contributed by atoms with E-state index in [1.807, 2.05) is 17.5 Å². The van der Waals surface area contributed by atoms with Crippen LogP contribution in [0.25, 0.3) is 0 Å². The lowest BCUT2D eigenvalue weighted by atomic mass is 9.97. The van der Waals surface area contributed by atoms with Crippen LogP contribution in [0.2, 0.25) is 0 Å². The molecule has 1 saturated heterocycles. The van der Waals surface area contributed by atoms with Crippen molar-refractivity contribution >= 4 is 28.3 Å². The number of carbonyl (C=O) groups is 2. The number of hydrogen-bond acceptors (Lipinski definition) is 3. The maximum atomic E-state index is 12.4. The maximum Gasteiger partial charge on any atom is 0.322 e. The van der Waals surface area contributed by atoms with Crippen LogP contribution < -0.4 is 10.6 Å². The van der Waals surface area contributed by atoms with Gasteiger partial charge in [0.05, 0.1) is 10.9 Å². The van der Waals surface area contributed by atoms with E-state index in [1.54, 1.807) is 4.90 Å². The molecule has 1 aliphatic carbocycles. The van der Waals surface area contributed by atoms with Gasteiger partial charge < -0.3 is 10.2 Å². The molecule has 2 fully saturated rings. The van der Waals surface area contributed by atoms with Crippen molar-refractivity contribution in [2.24, 2.45) is 5.92 Å². The van der Waals surface area contributed by atoms with E-state index in [2.05, 4.69) is 10.6 Å². The summed E-state index contributed by atoms with van der Waals surface area (Å²) in [5, 5.41) is 8.84. The molecule has 5 nitrogen and oxygen atoms in total. The Kier molecular flexibility index (Phi) is 4.97. The molecule has 1 aromatic rings. The number of nitrogens with zero attached hydrogens (tertiary/aromatic N) is 1. The summed E-state index contributed by atoms with van der Waals surface area (Å²) in [6.07, 6.45) is 6.39. The Hall–Kier alpha value is -1.56. The van der Waals surface area contributed by atoms with Gasteiger partial charge in [0.1, 0.15) is 0 Å². The summed E-state index contributed by atoms with van der Waals surface area (Å²) in [5.74, 6) is 0.0592. The van der Waals surface area contributed by atoms with Crippen molar-refractivity contribution in [3.05, 3.63) is 17.5 Å². The van der Waals surface area contributed by atoms with Gasteiger partial charge in [-0.1, -0.05) is 12.8 Å². The number of amides is 3. The predicted octanol–water partition coefficient (Wildman–Crippen LogP) is 3.05. The smallest absolute Gasteiger partial charge is 0.322 e. The fourth-order valence-corrected chi connectivity index (χ4v) is 3.91.